The second kappa shape index (κ2) is 5.92. The normalized spacial score (nSPS) is 12.7. The van der Waals surface area contributed by atoms with E-state index in [0.29, 0.717) is 0 Å². The molecule has 0 spiro atoms. The van der Waals surface area contributed by atoms with Gasteiger partial charge in [0.1, 0.15) is 11.3 Å². The van der Waals surface area contributed by atoms with Crippen molar-refractivity contribution in [3.8, 4) is 0 Å². The zero-order chi connectivity index (χ0) is 14.8. The van der Waals surface area contributed by atoms with Crippen molar-refractivity contribution in [3.63, 3.8) is 0 Å². The summed E-state index contributed by atoms with van der Waals surface area (Å²) >= 11 is 6.03. The molecule has 3 rings (SSSR count). The average Bonchev–Trinajstić information content (AvgIpc) is 2.91. The number of rotatable bonds is 4. The van der Waals surface area contributed by atoms with Crippen LogP contribution in [0.25, 0.3) is 11.0 Å². The Bertz CT molecular complexity index is 746. The summed E-state index contributed by atoms with van der Waals surface area (Å²) in [4.78, 5) is 0. The van der Waals surface area contributed by atoms with Crippen LogP contribution in [0.3, 0.4) is 0 Å². The maximum absolute atomic E-state index is 6.03. The molecule has 2 aromatic carbocycles. The number of halogens is 1. The maximum atomic E-state index is 6.03. The van der Waals surface area contributed by atoms with E-state index in [9.17, 15) is 0 Å². The Morgan fingerprint density at radius 2 is 1.86 bits per heavy atom. The Kier molecular flexibility index (Phi) is 4.00. The molecule has 1 aromatic heterocycles. The molecule has 108 valence electrons. The highest BCUT2D eigenvalue weighted by Crippen LogP contribution is 2.29. The van der Waals surface area contributed by atoms with Gasteiger partial charge >= 0.3 is 0 Å². The van der Waals surface area contributed by atoms with Crippen molar-refractivity contribution in [1.82, 2.24) is 5.32 Å². The van der Waals surface area contributed by atoms with E-state index < -0.39 is 0 Å². The topological polar surface area (TPSA) is 25.2 Å². The van der Waals surface area contributed by atoms with Gasteiger partial charge in [-0.1, -0.05) is 42.8 Å². The van der Waals surface area contributed by atoms with Gasteiger partial charge in [0.2, 0.25) is 0 Å². The number of fused-ring (bicyclic) bond motifs is 1. The highest BCUT2D eigenvalue weighted by atomic mass is 35.5. The summed E-state index contributed by atoms with van der Waals surface area (Å²) in [5.41, 5.74) is 3.39. The molecule has 0 aliphatic heterocycles. The molecular weight excluding hydrogens is 282 g/mol. The Labute approximate surface area is 129 Å². The fraction of sp³-hybridized carbons (Fsp3) is 0.222. The van der Waals surface area contributed by atoms with E-state index in [0.717, 1.165) is 28.2 Å². The Morgan fingerprint density at radius 3 is 2.52 bits per heavy atom. The number of hydrogen-bond acceptors (Lipinski definition) is 2. The summed E-state index contributed by atoms with van der Waals surface area (Å²) in [5, 5.41) is 5.08. The largest absolute Gasteiger partial charge is 0.459 e. The van der Waals surface area contributed by atoms with E-state index in [2.05, 4.69) is 42.6 Å². The third-order valence-electron chi connectivity index (χ3n) is 3.79. The summed E-state index contributed by atoms with van der Waals surface area (Å²) in [6.45, 7) is 2.16. The lowest BCUT2D eigenvalue weighted by atomic mass is 10.0. The SMILES string of the molecule is CCc1ccc(C(NC)c2cc3cc(Cl)ccc3o2)cc1. The van der Waals surface area contributed by atoms with E-state index in [1.54, 1.807) is 0 Å². The van der Waals surface area contributed by atoms with Crippen LogP contribution in [0.5, 0.6) is 0 Å². The molecule has 2 nitrogen and oxygen atoms in total. The summed E-state index contributed by atoms with van der Waals surface area (Å²) < 4.78 is 5.97. The minimum atomic E-state index is 0.0436. The molecule has 21 heavy (non-hydrogen) atoms. The fourth-order valence-corrected chi connectivity index (χ4v) is 2.78. The van der Waals surface area contributed by atoms with Gasteiger partial charge in [-0.05, 0) is 48.9 Å². The minimum Gasteiger partial charge on any atom is -0.459 e. The van der Waals surface area contributed by atoms with Crippen LogP contribution in [-0.2, 0) is 6.42 Å². The van der Waals surface area contributed by atoms with Crippen molar-refractivity contribution in [2.75, 3.05) is 7.05 Å². The van der Waals surface area contributed by atoms with Crippen LogP contribution in [0, 0.1) is 0 Å². The van der Waals surface area contributed by atoms with Gasteiger partial charge in [-0.2, -0.15) is 0 Å². The monoisotopic (exact) mass is 299 g/mol. The van der Waals surface area contributed by atoms with Crippen LogP contribution in [0.2, 0.25) is 5.02 Å². The Hall–Kier alpha value is -1.77. The molecule has 0 saturated carbocycles. The molecule has 0 amide bonds. The first-order valence-electron chi connectivity index (χ1n) is 7.16. The Morgan fingerprint density at radius 1 is 1.10 bits per heavy atom. The van der Waals surface area contributed by atoms with Crippen LogP contribution in [0.15, 0.2) is 52.9 Å². The molecule has 0 aliphatic carbocycles. The molecule has 0 saturated heterocycles. The molecular formula is C18H18ClNO. The third kappa shape index (κ3) is 2.82. The number of hydrogen-bond donors (Lipinski definition) is 1. The second-order valence-corrected chi connectivity index (χ2v) is 5.58. The van der Waals surface area contributed by atoms with Crippen LogP contribution >= 0.6 is 11.6 Å². The minimum absolute atomic E-state index is 0.0436. The van der Waals surface area contributed by atoms with Gasteiger partial charge < -0.3 is 9.73 Å². The van der Waals surface area contributed by atoms with Gasteiger partial charge in [0, 0.05) is 10.4 Å². The lowest BCUT2D eigenvalue weighted by Gasteiger charge is -2.14. The van der Waals surface area contributed by atoms with Crippen molar-refractivity contribution in [2.45, 2.75) is 19.4 Å². The second-order valence-electron chi connectivity index (χ2n) is 5.15. The van der Waals surface area contributed by atoms with Gasteiger partial charge in [0.05, 0.1) is 6.04 Å². The van der Waals surface area contributed by atoms with Crippen molar-refractivity contribution < 1.29 is 4.42 Å². The highest BCUT2D eigenvalue weighted by Gasteiger charge is 2.16. The van der Waals surface area contributed by atoms with Gasteiger partial charge in [-0.3, -0.25) is 0 Å². The molecule has 1 atom stereocenters. The first-order chi connectivity index (χ1) is 10.2. The molecule has 1 unspecified atom stereocenters. The van der Waals surface area contributed by atoms with Gasteiger partial charge in [0.15, 0.2) is 0 Å². The molecule has 1 heterocycles. The molecule has 3 aromatic rings. The van der Waals surface area contributed by atoms with Gasteiger partial charge in [0.25, 0.3) is 0 Å². The molecule has 0 aliphatic rings. The van der Waals surface area contributed by atoms with Crippen molar-refractivity contribution in [1.29, 1.82) is 0 Å². The lowest BCUT2D eigenvalue weighted by molar-refractivity contribution is 0.491. The van der Waals surface area contributed by atoms with E-state index in [1.165, 1.54) is 11.1 Å². The van der Waals surface area contributed by atoms with E-state index in [-0.39, 0.29) is 6.04 Å². The number of benzene rings is 2. The van der Waals surface area contributed by atoms with Crippen LogP contribution in [0.1, 0.15) is 29.9 Å². The van der Waals surface area contributed by atoms with Gasteiger partial charge in [-0.25, -0.2) is 0 Å². The third-order valence-corrected chi connectivity index (χ3v) is 4.03. The standard InChI is InChI=1S/C18H18ClNO/c1-3-12-4-6-13(7-5-12)18(20-2)17-11-14-10-15(19)8-9-16(14)21-17/h4-11,18,20H,3H2,1-2H3. The number of nitrogens with one attached hydrogen (secondary N) is 1. The summed E-state index contributed by atoms with van der Waals surface area (Å²) in [6, 6.07) is 16.4. The molecule has 0 fully saturated rings. The summed E-state index contributed by atoms with van der Waals surface area (Å²) in [6.07, 6.45) is 1.05. The Balaban J connectivity index is 2.00. The lowest BCUT2D eigenvalue weighted by Crippen LogP contribution is -2.16. The van der Waals surface area contributed by atoms with Crippen LogP contribution in [0.4, 0.5) is 0 Å². The highest BCUT2D eigenvalue weighted by molar-refractivity contribution is 6.31. The summed E-state index contributed by atoms with van der Waals surface area (Å²) in [7, 11) is 1.94. The molecule has 1 N–H and O–H groups in total. The summed E-state index contributed by atoms with van der Waals surface area (Å²) in [5.74, 6) is 0.902. The average molecular weight is 300 g/mol. The van der Waals surface area contributed by atoms with Crippen LogP contribution < -0.4 is 5.32 Å². The quantitative estimate of drug-likeness (QED) is 0.737. The van der Waals surface area contributed by atoms with Crippen molar-refractivity contribution in [3.05, 3.63) is 70.4 Å². The zero-order valence-electron chi connectivity index (χ0n) is 12.2. The molecule has 0 radical (unpaired) electrons. The fourth-order valence-electron chi connectivity index (χ4n) is 2.60. The predicted octanol–water partition coefficient (Wildman–Crippen LogP) is 4.96. The zero-order valence-corrected chi connectivity index (χ0v) is 12.9. The first-order valence-corrected chi connectivity index (χ1v) is 7.54. The first kappa shape index (κ1) is 14.2. The van der Waals surface area contributed by atoms with E-state index >= 15 is 0 Å². The van der Waals surface area contributed by atoms with E-state index in [4.69, 9.17) is 16.0 Å². The van der Waals surface area contributed by atoms with Crippen molar-refractivity contribution >= 4 is 22.6 Å². The molecule has 0 bridgehead atoms. The van der Waals surface area contributed by atoms with Crippen molar-refractivity contribution in [2.24, 2.45) is 0 Å². The predicted molar refractivity (Wildman–Crippen MR) is 87.9 cm³/mol. The van der Waals surface area contributed by atoms with Crippen LogP contribution in [-0.4, -0.2) is 7.05 Å². The van der Waals surface area contributed by atoms with E-state index in [1.807, 2.05) is 25.2 Å². The number of aryl methyl sites for hydroxylation is 1. The van der Waals surface area contributed by atoms with Gasteiger partial charge in [-0.15, -0.1) is 0 Å². The molecule has 3 heteroatoms. The smallest absolute Gasteiger partial charge is 0.134 e. The number of furan rings is 1. The maximum Gasteiger partial charge on any atom is 0.134 e.